The molecular formula is C20H22N6O4. The quantitative estimate of drug-likeness (QED) is 0.483. The highest BCUT2D eigenvalue weighted by Gasteiger charge is 2.33. The van der Waals surface area contributed by atoms with E-state index in [1.807, 2.05) is 20.9 Å². The first-order chi connectivity index (χ1) is 14.4. The van der Waals surface area contributed by atoms with Crippen molar-refractivity contribution in [1.82, 2.24) is 24.5 Å². The number of rotatable bonds is 4. The van der Waals surface area contributed by atoms with Crippen molar-refractivity contribution in [3.05, 3.63) is 69.3 Å². The molecule has 156 valence electrons. The van der Waals surface area contributed by atoms with Gasteiger partial charge in [0, 0.05) is 43.2 Å². The van der Waals surface area contributed by atoms with Crippen molar-refractivity contribution >= 4 is 11.6 Å². The van der Waals surface area contributed by atoms with Crippen LogP contribution in [0.2, 0.25) is 0 Å². The molecule has 1 fully saturated rings. The van der Waals surface area contributed by atoms with Gasteiger partial charge in [0.2, 0.25) is 0 Å². The van der Waals surface area contributed by atoms with Gasteiger partial charge in [-0.15, -0.1) is 0 Å². The second kappa shape index (κ2) is 7.71. The Bertz CT molecular complexity index is 1120. The Balaban J connectivity index is 1.64. The smallest absolute Gasteiger partial charge is 0.275 e. The molecule has 3 heterocycles. The zero-order chi connectivity index (χ0) is 21.4. The first-order valence-corrected chi connectivity index (χ1v) is 9.56. The molecule has 10 heteroatoms. The van der Waals surface area contributed by atoms with E-state index in [0.29, 0.717) is 25.4 Å². The van der Waals surface area contributed by atoms with E-state index in [-0.39, 0.29) is 23.3 Å². The van der Waals surface area contributed by atoms with E-state index in [4.69, 9.17) is 4.74 Å². The highest BCUT2D eigenvalue weighted by molar-refractivity contribution is 5.92. The number of aryl methyl sites for hydroxylation is 2. The van der Waals surface area contributed by atoms with Gasteiger partial charge in [0.25, 0.3) is 11.6 Å². The summed E-state index contributed by atoms with van der Waals surface area (Å²) in [4.78, 5) is 25.6. The topological polar surface area (TPSA) is 108 Å². The Morgan fingerprint density at radius 1 is 1.27 bits per heavy atom. The maximum atomic E-state index is 13.3. The van der Waals surface area contributed by atoms with Gasteiger partial charge in [-0.2, -0.15) is 10.2 Å². The van der Waals surface area contributed by atoms with Crippen molar-refractivity contribution < 1.29 is 14.5 Å². The Kier molecular flexibility index (Phi) is 5.08. The van der Waals surface area contributed by atoms with Crippen LogP contribution in [0.3, 0.4) is 0 Å². The third-order valence-corrected chi connectivity index (χ3v) is 5.40. The average molecular weight is 410 g/mol. The molecule has 30 heavy (non-hydrogen) atoms. The van der Waals surface area contributed by atoms with Crippen LogP contribution >= 0.6 is 0 Å². The highest BCUT2D eigenvalue weighted by Crippen LogP contribution is 2.30. The summed E-state index contributed by atoms with van der Waals surface area (Å²) in [7, 11) is 1.88. The molecule has 0 unspecified atom stereocenters. The van der Waals surface area contributed by atoms with Crippen LogP contribution in [0.25, 0.3) is 5.69 Å². The lowest BCUT2D eigenvalue weighted by Gasteiger charge is -2.35. The molecule has 0 bridgehead atoms. The lowest BCUT2D eigenvalue weighted by Crippen LogP contribution is -2.44. The van der Waals surface area contributed by atoms with E-state index in [0.717, 1.165) is 17.0 Å². The van der Waals surface area contributed by atoms with E-state index in [1.54, 1.807) is 34.0 Å². The third-order valence-electron chi connectivity index (χ3n) is 5.40. The van der Waals surface area contributed by atoms with Gasteiger partial charge in [-0.3, -0.25) is 19.6 Å². The second-order valence-electron chi connectivity index (χ2n) is 7.22. The Morgan fingerprint density at radius 3 is 2.77 bits per heavy atom. The molecule has 0 aliphatic carbocycles. The van der Waals surface area contributed by atoms with E-state index >= 15 is 0 Å². The highest BCUT2D eigenvalue weighted by atomic mass is 16.6. The summed E-state index contributed by atoms with van der Waals surface area (Å²) in [6.45, 7) is 5.19. The van der Waals surface area contributed by atoms with Crippen molar-refractivity contribution in [3.8, 4) is 5.69 Å². The summed E-state index contributed by atoms with van der Waals surface area (Å²) in [5.41, 5.74) is 3.59. The Labute approximate surface area is 172 Å². The van der Waals surface area contributed by atoms with Crippen LogP contribution in [0.5, 0.6) is 0 Å². The molecule has 1 aromatic carbocycles. The monoisotopic (exact) mass is 410 g/mol. The Morgan fingerprint density at radius 2 is 2.07 bits per heavy atom. The summed E-state index contributed by atoms with van der Waals surface area (Å²) < 4.78 is 8.93. The molecule has 0 radical (unpaired) electrons. The SMILES string of the molecule is Cc1nn(C)c(C)c1[C@H]1COCCN1C(=O)c1ccn(-c2cccc([N+](=O)[O-])c2)n1. The molecule has 1 amide bonds. The maximum Gasteiger partial charge on any atom is 0.275 e. The summed E-state index contributed by atoms with van der Waals surface area (Å²) in [5.74, 6) is -0.213. The van der Waals surface area contributed by atoms with Gasteiger partial charge in [-0.25, -0.2) is 4.68 Å². The zero-order valence-electron chi connectivity index (χ0n) is 17.0. The van der Waals surface area contributed by atoms with Gasteiger partial charge in [0.1, 0.15) is 0 Å². The van der Waals surface area contributed by atoms with Crippen LogP contribution in [0.15, 0.2) is 36.5 Å². The number of carbonyl (C=O) groups is 1. The lowest BCUT2D eigenvalue weighted by atomic mass is 10.0. The largest absolute Gasteiger partial charge is 0.377 e. The van der Waals surface area contributed by atoms with Crippen molar-refractivity contribution in [2.75, 3.05) is 19.8 Å². The number of nitro benzene ring substituents is 1. The molecule has 2 aromatic heterocycles. The molecule has 1 saturated heterocycles. The van der Waals surface area contributed by atoms with Crippen molar-refractivity contribution in [2.45, 2.75) is 19.9 Å². The van der Waals surface area contributed by atoms with Gasteiger partial charge >= 0.3 is 0 Å². The third kappa shape index (κ3) is 3.45. The van der Waals surface area contributed by atoms with Gasteiger partial charge in [0.05, 0.1) is 35.6 Å². The molecule has 1 aliphatic heterocycles. The van der Waals surface area contributed by atoms with Crippen LogP contribution < -0.4 is 0 Å². The number of morpholine rings is 1. The molecule has 1 atom stereocenters. The first kappa shape index (κ1) is 19.8. The molecule has 4 rings (SSSR count). The standard InChI is InChI=1S/C20H22N6O4/c1-13-19(14(2)23(3)21-13)18-12-30-10-9-24(18)20(27)17-7-8-25(22-17)15-5-4-6-16(11-15)26(28)29/h4-8,11,18H,9-10,12H2,1-3H3/t18-/m1/s1. The minimum atomic E-state index is -0.462. The molecular weight excluding hydrogens is 388 g/mol. The molecule has 3 aromatic rings. The number of aromatic nitrogens is 4. The molecule has 0 spiro atoms. The summed E-state index contributed by atoms with van der Waals surface area (Å²) in [5, 5.41) is 19.9. The molecule has 1 aliphatic rings. The first-order valence-electron chi connectivity index (χ1n) is 9.56. The average Bonchev–Trinajstić information content (AvgIpc) is 3.33. The number of carbonyl (C=O) groups excluding carboxylic acids is 1. The van der Waals surface area contributed by atoms with Crippen molar-refractivity contribution in [3.63, 3.8) is 0 Å². The fourth-order valence-corrected chi connectivity index (χ4v) is 3.84. The van der Waals surface area contributed by atoms with Gasteiger partial charge in [-0.1, -0.05) is 6.07 Å². The predicted molar refractivity (Wildman–Crippen MR) is 107 cm³/mol. The minimum absolute atomic E-state index is 0.0355. The molecule has 0 saturated carbocycles. The minimum Gasteiger partial charge on any atom is -0.377 e. The fraction of sp³-hybridized carbons (Fsp3) is 0.350. The normalized spacial score (nSPS) is 16.6. The fourth-order valence-electron chi connectivity index (χ4n) is 3.84. The van der Waals surface area contributed by atoms with E-state index in [9.17, 15) is 14.9 Å². The number of ether oxygens (including phenoxy) is 1. The van der Waals surface area contributed by atoms with Gasteiger partial charge in [0.15, 0.2) is 5.69 Å². The summed E-state index contributed by atoms with van der Waals surface area (Å²) in [6, 6.07) is 7.49. The number of nitrogens with zero attached hydrogens (tertiary/aromatic N) is 6. The van der Waals surface area contributed by atoms with Crippen LogP contribution in [0.1, 0.15) is 33.5 Å². The Hall–Kier alpha value is -3.53. The number of amides is 1. The van der Waals surface area contributed by atoms with Crippen LogP contribution in [0.4, 0.5) is 5.69 Å². The van der Waals surface area contributed by atoms with Crippen molar-refractivity contribution in [2.24, 2.45) is 7.05 Å². The van der Waals surface area contributed by atoms with E-state index in [1.165, 1.54) is 16.8 Å². The molecule has 0 N–H and O–H groups in total. The van der Waals surface area contributed by atoms with Gasteiger partial charge in [-0.05, 0) is 26.0 Å². The van der Waals surface area contributed by atoms with Crippen LogP contribution in [-0.2, 0) is 11.8 Å². The van der Waals surface area contributed by atoms with E-state index in [2.05, 4.69) is 10.2 Å². The van der Waals surface area contributed by atoms with Crippen LogP contribution in [0, 0.1) is 24.0 Å². The van der Waals surface area contributed by atoms with Crippen molar-refractivity contribution in [1.29, 1.82) is 0 Å². The van der Waals surface area contributed by atoms with Crippen LogP contribution in [-0.4, -0.2) is 55.0 Å². The number of benzene rings is 1. The van der Waals surface area contributed by atoms with E-state index < -0.39 is 4.92 Å². The predicted octanol–water partition coefficient (Wildman–Crippen LogP) is 2.34. The lowest BCUT2D eigenvalue weighted by molar-refractivity contribution is -0.384. The van der Waals surface area contributed by atoms with Gasteiger partial charge < -0.3 is 9.64 Å². The number of hydrogen-bond donors (Lipinski definition) is 0. The second-order valence-corrected chi connectivity index (χ2v) is 7.22. The summed E-state index contributed by atoms with van der Waals surface area (Å²) in [6.07, 6.45) is 1.63. The number of non-ortho nitro benzene ring substituents is 1. The number of nitro groups is 1. The summed E-state index contributed by atoms with van der Waals surface area (Å²) >= 11 is 0. The molecule has 10 nitrogen and oxygen atoms in total. The zero-order valence-corrected chi connectivity index (χ0v) is 17.0. The number of hydrogen-bond acceptors (Lipinski definition) is 6. The maximum absolute atomic E-state index is 13.3.